The quantitative estimate of drug-likeness (QED) is 0.715. The van der Waals surface area contributed by atoms with Crippen LogP contribution in [0.5, 0.6) is 0 Å². The van der Waals surface area contributed by atoms with Crippen molar-refractivity contribution in [1.82, 2.24) is 10.6 Å². The molecule has 0 bridgehead atoms. The summed E-state index contributed by atoms with van der Waals surface area (Å²) in [4.78, 5) is 12.0. The van der Waals surface area contributed by atoms with E-state index in [9.17, 15) is 4.79 Å². The molecule has 3 nitrogen and oxygen atoms in total. The van der Waals surface area contributed by atoms with Crippen LogP contribution >= 0.6 is 0 Å². The van der Waals surface area contributed by atoms with Crippen molar-refractivity contribution in [3.63, 3.8) is 0 Å². The zero-order chi connectivity index (χ0) is 15.0. The fourth-order valence-corrected chi connectivity index (χ4v) is 2.14. The van der Waals surface area contributed by atoms with Crippen LogP contribution < -0.4 is 10.6 Å². The molecule has 1 amide bonds. The van der Waals surface area contributed by atoms with Crippen LogP contribution in [0.3, 0.4) is 0 Å². The molecule has 112 valence electrons. The van der Waals surface area contributed by atoms with Crippen molar-refractivity contribution in [2.24, 2.45) is 0 Å². The third-order valence-corrected chi connectivity index (χ3v) is 3.55. The number of hydrogen-bond acceptors (Lipinski definition) is 2. The number of amides is 1. The Bertz CT molecular complexity index is 400. The number of carbonyl (C=O) groups is 1. The Kier molecular flexibility index (Phi) is 7.31. The summed E-state index contributed by atoms with van der Waals surface area (Å²) in [6.07, 6.45) is 3.40. The van der Waals surface area contributed by atoms with Crippen molar-refractivity contribution in [3.8, 4) is 0 Å². The number of rotatable bonds is 8. The molecule has 2 atom stereocenters. The second kappa shape index (κ2) is 8.75. The molecule has 1 rings (SSSR count). The summed E-state index contributed by atoms with van der Waals surface area (Å²) in [5.74, 6) is 0.0834. The van der Waals surface area contributed by atoms with Crippen molar-refractivity contribution >= 4 is 5.91 Å². The van der Waals surface area contributed by atoms with E-state index in [1.165, 1.54) is 24.0 Å². The number of carbonyl (C=O) groups excluding carboxylic acids is 1. The Morgan fingerprint density at radius 2 is 1.80 bits per heavy atom. The first-order valence-corrected chi connectivity index (χ1v) is 7.65. The second-order valence-electron chi connectivity index (χ2n) is 5.52. The van der Waals surface area contributed by atoms with Crippen LogP contribution in [0.15, 0.2) is 24.3 Å². The number of hydrogen-bond donors (Lipinski definition) is 2. The number of nitrogens with one attached hydrogen (secondary N) is 2. The number of unbranched alkanes of at least 4 members (excludes halogenated alkanes) is 2. The predicted molar refractivity (Wildman–Crippen MR) is 84.7 cm³/mol. The van der Waals surface area contributed by atoms with Gasteiger partial charge < -0.3 is 5.32 Å². The molecule has 0 aliphatic rings. The molecule has 1 aromatic rings. The molecule has 0 saturated heterocycles. The summed E-state index contributed by atoms with van der Waals surface area (Å²) in [5.41, 5.74) is 2.46. The predicted octanol–water partition coefficient (Wildman–Crippen LogP) is 3.34. The molecule has 2 N–H and O–H groups in total. The van der Waals surface area contributed by atoms with Gasteiger partial charge in [-0.2, -0.15) is 0 Å². The molecule has 0 aromatic heterocycles. The van der Waals surface area contributed by atoms with Gasteiger partial charge in [0.25, 0.3) is 0 Å². The molecule has 0 aliphatic heterocycles. The topological polar surface area (TPSA) is 41.1 Å². The van der Waals surface area contributed by atoms with Gasteiger partial charge in [0.15, 0.2) is 0 Å². The van der Waals surface area contributed by atoms with Gasteiger partial charge in [-0.1, -0.05) is 49.6 Å². The van der Waals surface area contributed by atoms with Crippen molar-refractivity contribution < 1.29 is 4.79 Å². The average molecular weight is 276 g/mol. The van der Waals surface area contributed by atoms with Crippen LogP contribution in [0.25, 0.3) is 0 Å². The van der Waals surface area contributed by atoms with E-state index in [4.69, 9.17) is 0 Å². The van der Waals surface area contributed by atoms with Gasteiger partial charge in [-0.25, -0.2) is 0 Å². The lowest BCUT2D eigenvalue weighted by Crippen LogP contribution is -2.43. The van der Waals surface area contributed by atoms with Gasteiger partial charge >= 0.3 is 0 Å². The Hall–Kier alpha value is -1.35. The Morgan fingerprint density at radius 1 is 1.15 bits per heavy atom. The van der Waals surface area contributed by atoms with E-state index in [1.807, 2.05) is 6.92 Å². The van der Waals surface area contributed by atoms with E-state index in [0.29, 0.717) is 0 Å². The van der Waals surface area contributed by atoms with Crippen LogP contribution in [-0.4, -0.2) is 18.5 Å². The van der Waals surface area contributed by atoms with Crippen LogP contribution in [0.4, 0.5) is 0 Å². The lowest BCUT2D eigenvalue weighted by molar-refractivity contribution is -0.122. The van der Waals surface area contributed by atoms with Crippen molar-refractivity contribution in [1.29, 1.82) is 0 Å². The van der Waals surface area contributed by atoms with Crippen molar-refractivity contribution in [3.05, 3.63) is 35.4 Å². The minimum Gasteiger partial charge on any atom is -0.355 e. The lowest BCUT2D eigenvalue weighted by Gasteiger charge is -2.20. The normalized spacial score (nSPS) is 13.8. The Balaban J connectivity index is 2.38. The molecule has 0 fully saturated rings. The van der Waals surface area contributed by atoms with Crippen molar-refractivity contribution in [2.75, 3.05) is 6.54 Å². The summed E-state index contributed by atoms with van der Waals surface area (Å²) in [5, 5.41) is 6.33. The summed E-state index contributed by atoms with van der Waals surface area (Å²) in [6, 6.07) is 8.42. The molecular weight excluding hydrogens is 248 g/mol. The monoisotopic (exact) mass is 276 g/mol. The minimum absolute atomic E-state index is 0.0834. The molecule has 0 saturated carbocycles. The van der Waals surface area contributed by atoms with Crippen molar-refractivity contribution in [2.45, 2.75) is 59.0 Å². The SMILES string of the molecule is CCCCCNC(=O)C(C)N[C@H](C)c1ccc(C)cc1. The molecule has 1 unspecified atom stereocenters. The van der Waals surface area contributed by atoms with Gasteiger partial charge in [0.2, 0.25) is 5.91 Å². The summed E-state index contributed by atoms with van der Waals surface area (Å²) >= 11 is 0. The third kappa shape index (κ3) is 5.74. The molecule has 20 heavy (non-hydrogen) atoms. The Labute approximate surface area is 123 Å². The van der Waals surface area contributed by atoms with Crippen LogP contribution in [0, 0.1) is 6.92 Å². The average Bonchev–Trinajstić information content (AvgIpc) is 2.44. The Morgan fingerprint density at radius 3 is 2.40 bits per heavy atom. The molecule has 0 spiro atoms. The molecule has 0 aliphatic carbocycles. The highest BCUT2D eigenvalue weighted by atomic mass is 16.2. The third-order valence-electron chi connectivity index (χ3n) is 3.55. The first-order chi connectivity index (χ1) is 9.54. The first-order valence-electron chi connectivity index (χ1n) is 7.65. The second-order valence-corrected chi connectivity index (χ2v) is 5.52. The molecule has 3 heteroatoms. The van der Waals surface area contributed by atoms with Crippen LogP contribution in [-0.2, 0) is 4.79 Å². The zero-order valence-electron chi connectivity index (χ0n) is 13.2. The molecule has 0 radical (unpaired) electrons. The van der Waals surface area contributed by atoms with E-state index >= 15 is 0 Å². The van der Waals surface area contributed by atoms with Gasteiger partial charge in [0.05, 0.1) is 6.04 Å². The maximum absolute atomic E-state index is 12.0. The number of aryl methyl sites for hydroxylation is 1. The molecule has 0 heterocycles. The van der Waals surface area contributed by atoms with Crippen LogP contribution in [0.1, 0.15) is 57.2 Å². The van der Waals surface area contributed by atoms with E-state index in [0.717, 1.165) is 13.0 Å². The van der Waals surface area contributed by atoms with Gasteiger partial charge in [-0.3, -0.25) is 10.1 Å². The summed E-state index contributed by atoms with van der Waals surface area (Å²) < 4.78 is 0. The standard InChI is InChI=1S/C17H28N2O/c1-5-6-7-12-18-17(20)15(4)19-14(3)16-10-8-13(2)9-11-16/h8-11,14-15,19H,5-7,12H2,1-4H3,(H,18,20)/t14-,15?/m1/s1. The first kappa shape index (κ1) is 16.7. The van der Waals surface area contributed by atoms with E-state index < -0.39 is 0 Å². The van der Waals surface area contributed by atoms with Gasteiger partial charge in [-0.05, 0) is 32.8 Å². The highest BCUT2D eigenvalue weighted by Gasteiger charge is 2.15. The van der Waals surface area contributed by atoms with Gasteiger partial charge in [0.1, 0.15) is 0 Å². The fourth-order valence-electron chi connectivity index (χ4n) is 2.14. The highest BCUT2D eigenvalue weighted by molar-refractivity contribution is 5.81. The summed E-state index contributed by atoms with van der Waals surface area (Å²) in [7, 11) is 0. The molecular formula is C17H28N2O. The fraction of sp³-hybridized carbons (Fsp3) is 0.588. The van der Waals surface area contributed by atoms with Gasteiger partial charge in [-0.15, -0.1) is 0 Å². The number of benzene rings is 1. The smallest absolute Gasteiger partial charge is 0.236 e. The maximum Gasteiger partial charge on any atom is 0.236 e. The minimum atomic E-state index is -0.173. The zero-order valence-corrected chi connectivity index (χ0v) is 13.2. The highest BCUT2D eigenvalue weighted by Crippen LogP contribution is 2.13. The van der Waals surface area contributed by atoms with E-state index in [1.54, 1.807) is 0 Å². The maximum atomic E-state index is 12.0. The van der Waals surface area contributed by atoms with E-state index in [2.05, 4.69) is 55.7 Å². The van der Waals surface area contributed by atoms with Gasteiger partial charge in [0, 0.05) is 12.6 Å². The summed E-state index contributed by atoms with van der Waals surface area (Å²) in [6.45, 7) is 9.02. The van der Waals surface area contributed by atoms with Crippen LogP contribution in [0.2, 0.25) is 0 Å². The van der Waals surface area contributed by atoms with E-state index in [-0.39, 0.29) is 18.0 Å². The lowest BCUT2D eigenvalue weighted by atomic mass is 10.1. The molecule has 1 aromatic carbocycles. The largest absolute Gasteiger partial charge is 0.355 e.